The van der Waals surface area contributed by atoms with E-state index in [-0.39, 0.29) is 26.5 Å². The average molecular weight is 380 g/mol. The van der Waals surface area contributed by atoms with E-state index < -0.39 is 22.5 Å². The normalized spacial score (nSPS) is 11.1. The predicted molar refractivity (Wildman–Crippen MR) is 79.8 cm³/mol. The molecule has 9 heteroatoms. The Morgan fingerprint density at radius 2 is 1.90 bits per heavy atom. The molecule has 1 rings (SSSR count). The Morgan fingerprint density at radius 1 is 1.33 bits per heavy atom. The molecule has 0 saturated heterocycles. The molecule has 0 bridgehead atoms. The van der Waals surface area contributed by atoms with E-state index in [1.54, 1.807) is 27.7 Å². The second-order valence-electron chi connectivity index (χ2n) is 4.90. The van der Waals surface area contributed by atoms with Gasteiger partial charge in [0.2, 0.25) is 0 Å². The molecule has 0 aliphatic carbocycles. The van der Waals surface area contributed by atoms with E-state index in [1.165, 1.54) is 0 Å². The van der Waals surface area contributed by atoms with Crippen LogP contribution in [0.3, 0.4) is 0 Å². The van der Waals surface area contributed by atoms with Gasteiger partial charge in [-0.05, 0) is 43.6 Å². The van der Waals surface area contributed by atoms with Crippen molar-refractivity contribution in [3.05, 3.63) is 25.0 Å². The summed E-state index contributed by atoms with van der Waals surface area (Å²) in [4.78, 5) is 34.2. The first kappa shape index (κ1) is 17.6. The van der Waals surface area contributed by atoms with Gasteiger partial charge in [-0.15, -0.1) is 0 Å². The van der Waals surface area contributed by atoms with Crippen molar-refractivity contribution in [2.75, 3.05) is 6.61 Å². The average Bonchev–Trinajstić information content (AvgIpc) is 2.65. The summed E-state index contributed by atoms with van der Waals surface area (Å²) in [6.45, 7) is 6.66. The summed E-state index contributed by atoms with van der Waals surface area (Å²) in [5, 5.41) is 10.6. The van der Waals surface area contributed by atoms with Gasteiger partial charge in [-0.25, -0.2) is 9.59 Å². The molecule has 21 heavy (non-hydrogen) atoms. The quantitative estimate of drug-likeness (QED) is 0.450. The smallest absolute Gasteiger partial charge is 0.349 e. The van der Waals surface area contributed by atoms with E-state index in [1.807, 2.05) is 0 Å². The molecule has 1 aromatic heterocycles. The molecular weight excluding hydrogens is 366 g/mol. The number of thiophene rings is 1. The van der Waals surface area contributed by atoms with Crippen LogP contribution in [0.5, 0.6) is 0 Å². The summed E-state index contributed by atoms with van der Waals surface area (Å²) in [6.07, 6.45) is 0. The molecule has 0 aromatic carbocycles. The Bertz CT molecular complexity index is 589. The molecule has 0 radical (unpaired) electrons. The Balaban J connectivity index is 3.36. The summed E-state index contributed by atoms with van der Waals surface area (Å²) >= 11 is 3.57. The maximum absolute atomic E-state index is 12.2. The first-order valence-electron chi connectivity index (χ1n) is 5.95. The molecule has 0 N–H and O–H groups in total. The highest BCUT2D eigenvalue weighted by Crippen LogP contribution is 2.40. The van der Waals surface area contributed by atoms with Crippen LogP contribution in [0.15, 0.2) is 4.47 Å². The fraction of sp³-hybridized carbons (Fsp3) is 0.500. The summed E-state index contributed by atoms with van der Waals surface area (Å²) in [7, 11) is 0. The van der Waals surface area contributed by atoms with Crippen molar-refractivity contribution in [3.63, 3.8) is 0 Å². The molecule has 1 aromatic rings. The molecule has 0 aliphatic heterocycles. The van der Waals surface area contributed by atoms with E-state index in [9.17, 15) is 19.7 Å². The third kappa shape index (κ3) is 4.24. The van der Waals surface area contributed by atoms with Crippen molar-refractivity contribution in [1.29, 1.82) is 0 Å². The number of hydrogen-bond acceptors (Lipinski definition) is 7. The topological polar surface area (TPSA) is 95.7 Å². The third-order valence-corrected chi connectivity index (χ3v) is 4.22. The molecule has 0 unspecified atom stereocenters. The van der Waals surface area contributed by atoms with Gasteiger partial charge in [0.05, 0.1) is 11.5 Å². The van der Waals surface area contributed by atoms with Crippen LogP contribution in [0, 0.1) is 10.1 Å². The van der Waals surface area contributed by atoms with Crippen LogP contribution >= 0.6 is 27.3 Å². The molecule has 7 nitrogen and oxygen atoms in total. The van der Waals surface area contributed by atoms with Gasteiger partial charge in [0.25, 0.3) is 0 Å². The van der Waals surface area contributed by atoms with Crippen LogP contribution in [0.4, 0.5) is 5.00 Å². The lowest BCUT2D eigenvalue weighted by Gasteiger charge is -2.19. The van der Waals surface area contributed by atoms with E-state index in [0.29, 0.717) is 11.3 Å². The highest BCUT2D eigenvalue weighted by atomic mass is 79.9. The van der Waals surface area contributed by atoms with Crippen molar-refractivity contribution in [3.8, 4) is 0 Å². The van der Waals surface area contributed by atoms with Crippen molar-refractivity contribution < 1.29 is 24.0 Å². The van der Waals surface area contributed by atoms with Crippen LogP contribution in [0.25, 0.3) is 0 Å². The first-order chi connectivity index (χ1) is 9.58. The van der Waals surface area contributed by atoms with E-state index >= 15 is 0 Å². The lowest BCUT2D eigenvalue weighted by Crippen LogP contribution is -2.25. The van der Waals surface area contributed by atoms with Crippen molar-refractivity contribution in [1.82, 2.24) is 0 Å². The lowest BCUT2D eigenvalue weighted by molar-refractivity contribution is -0.381. The third-order valence-electron chi connectivity index (χ3n) is 2.06. The molecule has 0 aliphatic rings. The predicted octanol–water partition coefficient (Wildman–Crippen LogP) is 3.55. The van der Waals surface area contributed by atoms with Crippen LogP contribution in [0.1, 0.15) is 47.7 Å². The van der Waals surface area contributed by atoms with Gasteiger partial charge in [0, 0.05) is 0 Å². The minimum absolute atomic E-state index is 0.0743. The summed E-state index contributed by atoms with van der Waals surface area (Å²) in [5.41, 5.74) is -0.973. The maximum Gasteiger partial charge on any atom is 0.349 e. The molecule has 0 amide bonds. The lowest BCUT2D eigenvalue weighted by atomic mass is 10.2. The minimum Gasteiger partial charge on any atom is -0.462 e. The molecule has 0 saturated carbocycles. The number of carbonyl (C=O) groups excluding carboxylic acids is 2. The number of hydrogen-bond donors (Lipinski definition) is 0. The second kappa shape index (κ2) is 6.52. The van der Waals surface area contributed by atoms with Crippen LogP contribution in [-0.4, -0.2) is 29.1 Å². The van der Waals surface area contributed by atoms with E-state index in [2.05, 4.69) is 15.9 Å². The van der Waals surface area contributed by atoms with E-state index in [0.717, 1.165) is 0 Å². The molecule has 116 valence electrons. The molecule has 1 heterocycles. The molecule has 0 spiro atoms. The van der Waals surface area contributed by atoms with Crippen molar-refractivity contribution in [2.45, 2.75) is 33.3 Å². The summed E-state index contributed by atoms with van der Waals surface area (Å²) in [6, 6.07) is 0. The number of halogens is 1. The van der Waals surface area contributed by atoms with Crippen LogP contribution in [0.2, 0.25) is 0 Å². The zero-order valence-electron chi connectivity index (χ0n) is 11.9. The largest absolute Gasteiger partial charge is 0.462 e. The van der Waals surface area contributed by atoms with Crippen molar-refractivity contribution >= 4 is 44.2 Å². The number of carbonyl (C=O) groups is 2. The fourth-order valence-corrected chi connectivity index (χ4v) is 3.14. The highest BCUT2D eigenvalue weighted by Gasteiger charge is 2.34. The zero-order chi connectivity index (χ0) is 16.4. The number of ether oxygens (including phenoxy) is 2. The summed E-state index contributed by atoms with van der Waals surface area (Å²) < 4.78 is 9.92. The molecular formula is C12H14BrNO6S. The van der Waals surface area contributed by atoms with Gasteiger partial charge in [0.1, 0.15) is 20.5 Å². The summed E-state index contributed by atoms with van der Waals surface area (Å²) in [5.74, 6) is -1.61. The standard InChI is InChI=1S/C12H14BrNO6S/c1-5-19-11(16)8-6(10(15)20-12(2,3)4)7(13)9(21-8)14(17)18/h5H2,1-4H3. The number of esters is 2. The minimum atomic E-state index is -0.818. The van der Waals surface area contributed by atoms with Crippen molar-refractivity contribution in [2.24, 2.45) is 0 Å². The zero-order valence-corrected chi connectivity index (χ0v) is 14.3. The maximum atomic E-state index is 12.2. The number of nitro groups is 1. The molecule has 0 atom stereocenters. The molecule has 0 fully saturated rings. The van der Waals surface area contributed by atoms with Crippen LogP contribution in [-0.2, 0) is 9.47 Å². The Kier molecular flexibility index (Phi) is 5.46. The second-order valence-corrected chi connectivity index (χ2v) is 6.70. The van der Waals surface area contributed by atoms with Gasteiger partial charge in [0.15, 0.2) is 0 Å². The van der Waals surface area contributed by atoms with Gasteiger partial charge in [-0.2, -0.15) is 0 Å². The first-order valence-corrected chi connectivity index (χ1v) is 7.56. The number of nitrogens with zero attached hydrogens (tertiary/aromatic N) is 1. The fourth-order valence-electron chi connectivity index (χ4n) is 1.37. The van der Waals surface area contributed by atoms with Gasteiger partial charge in [-0.1, -0.05) is 11.3 Å². The van der Waals surface area contributed by atoms with E-state index in [4.69, 9.17) is 9.47 Å². The highest BCUT2D eigenvalue weighted by molar-refractivity contribution is 9.10. The van der Waals surface area contributed by atoms with Gasteiger partial charge >= 0.3 is 16.9 Å². The van der Waals surface area contributed by atoms with Crippen LogP contribution < -0.4 is 0 Å². The SMILES string of the molecule is CCOC(=O)c1sc([N+](=O)[O-])c(Br)c1C(=O)OC(C)(C)C. The Morgan fingerprint density at radius 3 is 2.33 bits per heavy atom. The van der Waals surface area contributed by atoms with Gasteiger partial charge < -0.3 is 9.47 Å². The monoisotopic (exact) mass is 379 g/mol. The Labute approximate surface area is 133 Å². The Hall–Kier alpha value is -1.48. The van der Waals surface area contributed by atoms with Gasteiger partial charge in [-0.3, -0.25) is 10.1 Å². The number of rotatable bonds is 4.